The van der Waals surface area contributed by atoms with E-state index >= 15 is 0 Å². The zero-order valence-electron chi connectivity index (χ0n) is 15.0. The van der Waals surface area contributed by atoms with Gasteiger partial charge in [-0.25, -0.2) is 0 Å². The predicted molar refractivity (Wildman–Crippen MR) is 98.7 cm³/mol. The van der Waals surface area contributed by atoms with Crippen LogP contribution in [0.15, 0.2) is 36.4 Å². The van der Waals surface area contributed by atoms with Crippen LogP contribution in [0.4, 0.5) is 5.69 Å². The quantitative estimate of drug-likeness (QED) is 0.933. The molecule has 0 radical (unpaired) electrons. The molecule has 0 atom stereocenters. The number of anilines is 1. The average molecular weight is 340 g/mol. The van der Waals surface area contributed by atoms with Crippen molar-refractivity contribution in [2.45, 2.75) is 13.8 Å². The summed E-state index contributed by atoms with van der Waals surface area (Å²) in [5, 5.41) is 10.1. The normalized spacial score (nSPS) is 14.5. The molecule has 0 unspecified atom stereocenters. The molecule has 3 rings (SSSR count). The lowest BCUT2D eigenvalue weighted by Gasteiger charge is -2.37. The van der Waals surface area contributed by atoms with Crippen LogP contribution < -0.4 is 9.64 Å². The van der Waals surface area contributed by atoms with Crippen LogP contribution >= 0.6 is 0 Å². The zero-order chi connectivity index (χ0) is 18.0. The van der Waals surface area contributed by atoms with E-state index in [1.807, 2.05) is 0 Å². The Bertz CT molecular complexity index is 781. The topological polar surface area (TPSA) is 53.0 Å². The predicted octanol–water partition coefficient (Wildman–Crippen LogP) is 2.98. The van der Waals surface area contributed by atoms with Crippen molar-refractivity contribution in [3.8, 4) is 11.5 Å². The van der Waals surface area contributed by atoms with Gasteiger partial charge in [-0.15, -0.1) is 0 Å². The van der Waals surface area contributed by atoms with Crippen LogP contribution in [-0.4, -0.2) is 49.2 Å². The molecule has 5 nitrogen and oxygen atoms in total. The van der Waals surface area contributed by atoms with Gasteiger partial charge in [0.15, 0.2) is 0 Å². The number of amides is 1. The summed E-state index contributed by atoms with van der Waals surface area (Å²) in [5.41, 5.74) is 4.03. The van der Waals surface area contributed by atoms with E-state index in [1.165, 1.54) is 30.0 Å². The SMILES string of the molecule is COc1cccc(O)c1C(=O)N1CCN(c2cccc(C)c2C)CC1. The van der Waals surface area contributed by atoms with E-state index in [0.29, 0.717) is 18.8 Å². The summed E-state index contributed by atoms with van der Waals surface area (Å²) >= 11 is 0. The van der Waals surface area contributed by atoms with E-state index in [4.69, 9.17) is 4.74 Å². The number of hydrogen-bond acceptors (Lipinski definition) is 4. The lowest BCUT2D eigenvalue weighted by atomic mass is 10.1. The van der Waals surface area contributed by atoms with E-state index in [1.54, 1.807) is 17.0 Å². The Morgan fingerprint density at radius 3 is 2.40 bits per heavy atom. The minimum Gasteiger partial charge on any atom is -0.507 e. The highest BCUT2D eigenvalue weighted by Gasteiger charge is 2.27. The van der Waals surface area contributed by atoms with Crippen molar-refractivity contribution in [2.24, 2.45) is 0 Å². The van der Waals surface area contributed by atoms with Gasteiger partial charge in [0.2, 0.25) is 0 Å². The van der Waals surface area contributed by atoms with E-state index in [-0.39, 0.29) is 17.2 Å². The third-order valence-electron chi connectivity index (χ3n) is 4.92. The zero-order valence-corrected chi connectivity index (χ0v) is 15.0. The maximum absolute atomic E-state index is 12.8. The van der Waals surface area contributed by atoms with Crippen molar-refractivity contribution in [1.29, 1.82) is 0 Å². The molecule has 2 aromatic rings. The minimum absolute atomic E-state index is 0.0405. The van der Waals surface area contributed by atoms with Gasteiger partial charge in [0.05, 0.1) is 7.11 Å². The highest BCUT2D eigenvalue weighted by Crippen LogP contribution is 2.30. The first-order valence-corrected chi connectivity index (χ1v) is 8.49. The second-order valence-electron chi connectivity index (χ2n) is 6.35. The van der Waals surface area contributed by atoms with Gasteiger partial charge in [-0.1, -0.05) is 18.2 Å². The first-order chi connectivity index (χ1) is 12.0. The first-order valence-electron chi connectivity index (χ1n) is 8.49. The molecule has 5 heteroatoms. The summed E-state index contributed by atoms with van der Waals surface area (Å²) in [5.74, 6) is 0.179. The third kappa shape index (κ3) is 3.27. The van der Waals surface area contributed by atoms with Gasteiger partial charge in [-0.05, 0) is 43.2 Å². The number of methoxy groups -OCH3 is 1. The number of phenols is 1. The van der Waals surface area contributed by atoms with Crippen LogP contribution in [0.5, 0.6) is 11.5 Å². The molecule has 132 valence electrons. The molecule has 1 aliphatic heterocycles. The minimum atomic E-state index is -0.185. The Morgan fingerprint density at radius 2 is 1.72 bits per heavy atom. The summed E-state index contributed by atoms with van der Waals surface area (Å²) in [6, 6.07) is 11.2. The van der Waals surface area contributed by atoms with Crippen LogP contribution in [0.1, 0.15) is 21.5 Å². The monoisotopic (exact) mass is 340 g/mol. The molecule has 0 aromatic heterocycles. The fraction of sp³-hybridized carbons (Fsp3) is 0.350. The lowest BCUT2D eigenvalue weighted by molar-refractivity contribution is 0.0740. The number of rotatable bonds is 3. The number of nitrogens with zero attached hydrogens (tertiary/aromatic N) is 2. The third-order valence-corrected chi connectivity index (χ3v) is 4.92. The number of aromatic hydroxyl groups is 1. The van der Waals surface area contributed by atoms with Crippen molar-refractivity contribution in [3.63, 3.8) is 0 Å². The molecule has 0 aliphatic carbocycles. The Kier molecular flexibility index (Phi) is 4.83. The highest BCUT2D eigenvalue weighted by atomic mass is 16.5. The van der Waals surface area contributed by atoms with Gasteiger partial charge in [-0.3, -0.25) is 4.79 Å². The molecule has 1 fully saturated rings. The van der Waals surface area contributed by atoms with Gasteiger partial charge in [0, 0.05) is 31.9 Å². The van der Waals surface area contributed by atoms with Crippen LogP contribution in [-0.2, 0) is 0 Å². The van der Waals surface area contributed by atoms with Crippen LogP contribution in [0.2, 0.25) is 0 Å². The fourth-order valence-electron chi connectivity index (χ4n) is 3.29. The molecule has 25 heavy (non-hydrogen) atoms. The molecule has 1 amide bonds. The van der Waals surface area contributed by atoms with Crippen LogP contribution in [0.25, 0.3) is 0 Å². The maximum Gasteiger partial charge on any atom is 0.261 e. The van der Waals surface area contributed by atoms with Crippen molar-refractivity contribution >= 4 is 11.6 Å². The number of piperazine rings is 1. The number of phenolic OH excluding ortho intramolecular Hbond substituents is 1. The molecule has 1 heterocycles. The second-order valence-corrected chi connectivity index (χ2v) is 6.35. The van der Waals surface area contributed by atoms with E-state index in [2.05, 4.69) is 36.9 Å². The van der Waals surface area contributed by atoms with Crippen molar-refractivity contribution in [2.75, 3.05) is 38.2 Å². The lowest BCUT2D eigenvalue weighted by Crippen LogP contribution is -2.49. The molecule has 2 aromatic carbocycles. The number of aryl methyl sites for hydroxylation is 1. The smallest absolute Gasteiger partial charge is 0.261 e. The number of hydrogen-bond donors (Lipinski definition) is 1. The molecular weight excluding hydrogens is 316 g/mol. The van der Waals surface area contributed by atoms with Gasteiger partial charge in [0.1, 0.15) is 17.1 Å². The Labute approximate surface area is 148 Å². The van der Waals surface area contributed by atoms with Crippen molar-refractivity contribution < 1.29 is 14.6 Å². The molecule has 1 saturated heterocycles. The summed E-state index contributed by atoms with van der Waals surface area (Å²) < 4.78 is 5.24. The fourth-order valence-corrected chi connectivity index (χ4v) is 3.29. The molecular formula is C20H24N2O3. The van der Waals surface area contributed by atoms with Crippen molar-refractivity contribution in [3.05, 3.63) is 53.1 Å². The molecule has 0 spiro atoms. The molecule has 0 bridgehead atoms. The Morgan fingerprint density at radius 1 is 1.04 bits per heavy atom. The van der Waals surface area contributed by atoms with E-state index < -0.39 is 0 Å². The Balaban J connectivity index is 1.75. The standard InChI is InChI=1S/C20H24N2O3/c1-14-6-4-7-16(15(14)2)21-10-12-22(13-11-21)20(24)19-17(23)8-5-9-18(19)25-3/h4-9,23H,10-13H2,1-3H3. The van der Waals surface area contributed by atoms with E-state index in [9.17, 15) is 9.90 Å². The number of benzene rings is 2. The molecule has 1 N–H and O–H groups in total. The van der Waals surface area contributed by atoms with E-state index in [0.717, 1.165) is 13.1 Å². The van der Waals surface area contributed by atoms with Gasteiger partial charge < -0.3 is 19.6 Å². The maximum atomic E-state index is 12.8. The van der Waals surface area contributed by atoms with Crippen molar-refractivity contribution in [1.82, 2.24) is 4.90 Å². The Hall–Kier alpha value is -2.69. The number of carbonyl (C=O) groups excluding carboxylic acids is 1. The summed E-state index contributed by atoms with van der Waals surface area (Å²) in [4.78, 5) is 16.9. The first kappa shape index (κ1) is 17.1. The number of ether oxygens (including phenoxy) is 1. The molecule has 1 aliphatic rings. The largest absolute Gasteiger partial charge is 0.507 e. The second kappa shape index (κ2) is 7.05. The highest BCUT2D eigenvalue weighted by molar-refractivity contribution is 5.99. The summed E-state index contributed by atoms with van der Waals surface area (Å²) in [6.07, 6.45) is 0. The molecule has 0 saturated carbocycles. The van der Waals surface area contributed by atoms with Gasteiger partial charge in [-0.2, -0.15) is 0 Å². The summed E-state index contributed by atoms with van der Waals surface area (Å²) in [6.45, 7) is 7.02. The van der Waals surface area contributed by atoms with Gasteiger partial charge in [0.25, 0.3) is 5.91 Å². The summed E-state index contributed by atoms with van der Waals surface area (Å²) in [7, 11) is 1.50. The van der Waals surface area contributed by atoms with Crippen LogP contribution in [0.3, 0.4) is 0 Å². The van der Waals surface area contributed by atoms with Gasteiger partial charge >= 0.3 is 0 Å². The average Bonchev–Trinajstić information content (AvgIpc) is 2.63. The van der Waals surface area contributed by atoms with Crippen LogP contribution in [0, 0.1) is 13.8 Å². The number of carbonyl (C=O) groups is 1.